The molecule has 2 heterocycles. The van der Waals surface area contributed by atoms with Crippen molar-refractivity contribution < 1.29 is 0 Å². The van der Waals surface area contributed by atoms with E-state index < -0.39 is 0 Å². The van der Waals surface area contributed by atoms with Gasteiger partial charge in [0.1, 0.15) is 0 Å². The molecule has 0 aliphatic heterocycles. The van der Waals surface area contributed by atoms with Crippen molar-refractivity contribution in [2.24, 2.45) is 0 Å². The molecule has 0 spiro atoms. The second-order valence-electron chi connectivity index (χ2n) is 15.7. The number of rotatable bonds is 7. The SMILES string of the molecule is c1ccc(N(c2ccc(-c3ccc(-c4cccc5ccccc45)cc3)cc2)c2cccc(-c3cccc4c3c3ccccc3n4-c3ccc4sc5ccccc5c4c3)c2)cc1. The fourth-order valence-electron chi connectivity index (χ4n) is 9.35. The van der Waals surface area contributed by atoms with Gasteiger partial charge in [0.25, 0.3) is 0 Å². The van der Waals surface area contributed by atoms with Crippen LogP contribution in [-0.2, 0) is 0 Å². The average molecular weight is 795 g/mol. The average Bonchev–Trinajstić information content (AvgIpc) is 3.88. The molecule has 12 aromatic rings. The van der Waals surface area contributed by atoms with Gasteiger partial charge in [0.05, 0.1) is 11.0 Å². The predicted molar refractivity (Wildman–Crippen MR) is 262 cm³/mol. The molecule has 0 fully saturated rings. The highest BCUT2D eigenvalue weighted by atomic mass is 32.1. The van der Waals surface area contributed by atoms with Gasteiger partial charge in [0.15, 0.2) is 0 Å². The number of aromatic nitrogens is 1. The van der Waals surface area contributed by atoms with Crippen LogP contribution in [0.4, 0.5) is 17.1 Å². The zero-order valence-electron chi connectivity index (χ0n) is 33.2. The van der Waals surface area contributed by atoms with Gasteiger partial charge in [-0.2, -0.15) is 0 Å². The first-order chi connectivity index (χ1) is 30.2. The summed E-state index contributed by atoms with van der Waals surface area (Å²) in [5.41, 5.74) is 14.1. The Balaban J connectivity index is 0.932. The van der Waals surface area contributed by atoms with Gasteiger partial charge in [0, 0.05) is 53.7 Å². The van der Waals surface area contributed by atoms with Crippen LogP contribution in [0.25, 0.3) is 91.8 Å². The van der Waals surface area contributed by atoms with Gasteiger partial charge in [0.2, 0.25) is 0 Å². The standard InChI is InChI=1S/C58H38N2S/c1-2-16-44(17-3-1)59(45-33-31-40(32-34-45)39-27-29-42(30-28-39)49-22-11-14-41-13-4-5-19-48(41)49)46-18-10-15-43(37-46)50-23-12-25-55-58(50)52-21-6-8-24-54(52)60(55)47-35-36-57-53(38-47)51-20-7-9-26-56(51)61-57/h1-38H. The highest BCUT2D eigenvalue weighted by Gasteiger charge is 2.19. The van der Waals surface area contributed by atoms with Crippen LogP contribution in [0.2, 0.25) is 0 Å². The van der Waals surface area contributed by atoms with Gasteiger partial charge in [-0.25, -0.2) is 0 Å². The largest absolute Gasteiger partial charge is 0.310 e. The molecule has 0 saturated heterocycles. The fourth-order valence-corrected chi connectivity index (χ4v) is 10.4. The molecule has 2 aromatic heterocycles. The lowest BCUT2D eigenvalue weighted by atomic mass is 9.96. The number of thiophene rings is 1. The van der Waals surface area contributed by atoms with Crippen LogP contribution in [0.15, 0.2) is 231 Å². The number of nitrogens with zero attached hydrogens (tertiary/aromatic N) is 2. The van der Waals surface area contributed by atoms with Gasteiger partial charge in [-0.3, -0.25) is 0 Å². The Hall–Kier alpha value is -7.72. The topological polar surface area (TPSA) is 8.17 Å². The molecule has 0 bridgehead atoms. The van der Waals surface area contributed by atoms with Crippen LogP contribution in [-0.4, -0.2) is 4.57 Å². The Morgan fingerprint density at radius 2 is 0.918 bits per heavy atom. The van der Waals surface area contributed by atoms with Crippen LogP contribution < -0.4 is 4.90 Å². The second-order valence-corrected chi connectivity index (χ2v) is 16.8. The summed E-state index contributed by atoms with van der Waals surface area (Å²) in [5, 5.41) is 7.65. The molecule has 0 aliphatic carbocycles. The normalized spacial score (nSPS) is 11.6. The molecule has 286 valence electrons. The van der Waals surface area contributed by atoms with Crippen LogP contribution in [0.1, 0.15) is 0 Å². The molecule has 0 saturated carbocycles. The lowest BCUT2D eigenvalue weighted by molar-refractivity contribution is 1.19. The predicted octanol–water partition coefficient (Wildman–Crippen LogP) is 16.8. The molecule has 0 N–H and O–H groups in total. The molecule has 0 radical (unpaired) electrons. The van der Waals surface area contributed by atoms with E-state index in [4.69, 9.17) is 0 Å². The monoisotopic (exact) mass is 794 g/mol. The van der Waals surface area contributed by atoms with Crippen molar-refractivity contribution in [3.05, 3.63) is 231 Å². The molecule has 12 rings (SSSR count). The maximum absolute atomic E-state index is 2.44. The molecule has 0 unspecified atom stereocenters. The highest BCUT2D eigenvalue weighted by molar-refractivity contribution is 7.25. The molecule has 0 aliphatic rings. The molecule has 0 amide bonds. The summed E-state index contributed by atoms with van der Waals surface area (Å²) in [5.74, 6) is 0. The number of hydrogen-bond donors (Lipinski definition) is 0. The van der Waals surface area contributed by atoms with Gasteiger partial charge in [-0.05, 0) is 117 Å². The minimum absolute atomic E-state index is 1.10. The minimum atomic E-state index is 1.10. The molecule has 3 heteroatoms. The summed E-state index contributed by atoms with van der Waals surface area (Å²) in [7, 11) is 0. The molecule has 61 heavy (non-hydrogen) atoms. The van der Waals surface area contributed by atoms with E-state index in [0.717, 1.165) is 17.1 Å². The van der Waals surface area contributed by atoms with Gasteiger partial charge in [-0.15, -0.1) is 11.3 Å². The van der Waals surface area contributed by atoms with E-state index >= 15 is 0 Å². The molecule has 10 aromatic carbocycles. The smallest absolute Gasteiger partial charge is 0.0547 e. The highest BCUT2D eigenvalue weighted by Crippen LogP contribution is 2.43. The maximum atomic E-state index is 2.44. The molecule has 2 nitrogen and oxygen atoms in total. The molecule has 0 atom stereocenters. The number of benzene rings is 10. The van der Waals surface area contributed by atoms with Crippen LogP contribution in [0.5, 0.6) is 0 Å². The van der Waals surface area contributed by atoms with Crippen molar-refractivity contribution in [1.82, 2.24) is 4.57 Å². The minimum Gasteiger partial charge on any atom is -0.310 e. The van der Waals surface area contributed by atoms with Crippen LogP contribution in [0.3, 0.4) is 0 Å². The fraction of sp³-hybridized carbons (Fsp3) is 0. The van der Waals surface area contributed by atoms with Crippen molar-refractivity contribution >= 4 is 81.1 Å². The Kier molecular flexibility index (Phi) is 8.39. The number of hydrogen-bond acceptors (Lipinski definition) is 2. The zero-order chi connectivity index (χ0) is 40.3. The van der Waals surface area contributed by atoms with E-state index in [9.17, 15) is 0 Å². The summed E-state index contributed by atoms with van der Waals surface area (Å²) in [6.07, 6.45) is 0. The summed E-state index contributed by atoms with van der Waals surface area (Å²) >= 11 is 1.86. The quantitative estimate of drug-likeness (QED) is 0.156. The third-order valence-corrected chi connectivity index (χ3v) is 13.3. The zero-order valence-corrected chi connectivity index (χ0v) is 34.1. The number of fused-ring (bicyclic) bond motifs is 7. The Labute approximate surface area is 358 Å². The first kappa shape index (κ1) is 35.2. The Morgan fingerprint density at radius 3 is 1.77 bits per heavy atom. The van der Waals surface area contributed by atoms with Crippen molar-refractivity contribution in [2.75, 3.05) is 4.90 Å². The van der Waals surface area contributed by atoms with E-state index in [2.05, 4.69) is 240 Å². The third-order valence-electron chi connectivity index (χ3n) is 12.2. The third kappa shape index (κ3) is 6.01. The van der Waals surface area contributed by atoms with Gasteiger partial charge < -0.3 is 9.47 Å². The van der Waals surface area contributed by atoms with E-state index in [1.54, 1.807) is 0 Å². The van der Waals surface area contributed by atoms with E-state index in [0.29, 0.717) is 0 Å². The lowest BCUT2D eigenvalue weighted by Crippen LogP contribution is -2.09. The summed E-state index contributed by atoms with van der Waals surface area (Å²) in [4.78, 5) is 2.36. The van der Waals surface area contributed by atoms with E-state index in [-0.39, 0.29) is 0 Å². The van der Waals surface area contributed by atoms with Crippen LogP contribution in [0, 0.1) is 0 Å². The molecular formula is C58H38N2S. The van der Waals surface area contributed by atoms with Crippen molar-refractivity contribution in [2.45, 2.75) is 0 Å². The first-order valence-electron chi connectivity index (χ1n) is 20.8. The van der Waals surface area contributed by atoms with Crippen LogP contribution >= 0.6 is 11.3 Å². The summed E-state index contributed by atoms with van der Waals surface area (Å²) < 4.78 is 5.08. The van der Waals surface area contributed by atoms with Gasteiger partial charge in [-0.1, -0.05) is 158 Å². The van der Waals surface area contributed by atoms with Crippen molar-refractivity contribution in [1.29, 1.82) is 0 Å². The first-order valence-corrected chi connectivity index (χ1v) is 21.6. The number of anilines is 3. The maximum Gasteiger partial charge on any atom is 0.0547 e. The molecular weight excluding hydrogens is 757 g/mol. The Bertz CT molecular complexity index is 3570. The number of para-hydroxylation sites is 2. The summed E-state index contributed by atoms with van der Waals surface area (Å²) in [6, 6.07) is 84.1. The summed E-state index contributed by atoms with van der Waals surface area (Å²) in [6.45, 7) is 0. The van der Waals surface area contributed by atoms with E-state index in [1.807, 2.05) is 11.3 Å². The van der Waals surface area contributed by atoms with Crippen molar-refractivity contribution in [3.8, 4) is 39.1 Å². The van der Waals surface area contributed by atoms with Gasteiger partial charge >= 0.3 is 0 Å². The second kappa shape index (κ2) is 14.5. The lowest BCUT2D eigenvalue weighted by Gasteiger charge is -2.26. The van der Waals surface area contributed by atoms with Crippen molar-refractivity contribution in [3.63, 3.8) is 0 Å². The van der Waals surface area contributed by atoms with E-state index in [1.165, 1.54) is 91.8 Å². The Morgan fingerprint density at radius 1 is 0.328 bits per heavy atom.